The van der Waals surface area contributed by atoms with Crippen LogP contribution >= 0.6 is 0 Å². The van der Waals surface area contributed by atoms with E-state index >= 15 is 0 Å². The summed E-state index contributed by atoms with van der Waals surface area (Å²) in [6.07, 6.45) is 6.46. The Hall–Kier alpha value is -1.25. The van der Waals surface area contributed by atoms with Gasteiger partial charge in [0.2, 0.25) is 0 Å². The van der Waals surface area contributed by atoms with Gasteiger partial charge in [0.05, 0.1) is 0 Å². The van der Waals surface area contributed by atoms with Crippen molar-refractivity contribution in [2.24, 2.45) is 16.5 Å². The highest BCUT2D eigenvalue weighted by Gasteiger charge is 1.73. The first kappa shape index (κ1) is 7.75. The Morgan fingerprint density at radius 1 is 1.56 bits per heavy atom. The molecule has 0 spiro atoms. The van der Waals surface area contributed by atoms with Crippen molar-refractivity contribution in [1.82, 2.24) is 0 Å². The molecule has 0 unspecified atom stereocenters. The predicted molar refractivity (Wildman–Crippen MR) is 39.8 cm³/mol. The van der Waals surface area contributed by atoms with E-state index in [1.54, 1.807) is 12.3 Å². The molecule has 0 fully saturated rings. The molecule has 9 heavy (non-hydrogen) atoms. The molecule has 0 aromatic carbocycles. The molecule has 50 valence electrons. The van der Waals surface area contributed by atoms with Crippen molar-refractivity contribution in [1.29, 1.82) is 0 Å². The maximum absolute atomic E-state index is 5.22. The van der Waals surface area contributed by atoms with Gasteiger partial charge in [-0.05, 0) is 13.0 Å². The molecule has 0 bridgehead atoms. The highest BCUT2D eigenvalue weighted by molar-refractivity contribution is 5.71. The number of rotatable bonds is 2. The van der Waals surface area contributed by atoms with E-state index in [9.17, 15) is 0 Å². The lowest BCUT2D eigenvalue weighted by Crippen LogP contribution is -1.96. The minimum Gasteiger partial charge on any atom is -0.402 e. The monoisotopic (exact) mass is 125 g/mol. The van der Waals surface area contributed by atoms with Crippen molar-refractivity contribution in [3.05, 3.63) is 24.2 Å². The van der Waals surface area contributed by atoms with Crippen molar-refractivity contribution >= 4 is 6.21 Å². The zero-order valence-corrected chi connectivity index (χ0v) is 5.41. The van der Waals surface area contributed by atoms with Crippen LogP contribution < -0.4 is 11.5 Å². The molecule has 0 atom stereocenters. The first-order chi connectivity index (χ1) is 4.31. The van der Waals surface area contributed by atoms with Gasteiger partial charge in [0.25, 0.3) is 0 Å². The van der Waals surface area contributed by atoms with E-state index in [0.29, 0.717) is 5.82 Å². The Labute approximate surface area is 54.8 Å². The molecule has 0 aromatic rings. The van der Waals surface area contributed by atoms with Gasteiger partial charge in [0.1, 0.15) is 5.82 Å². The van der Waals surface area contributed by atoms with E-state index in [0.717, 1.165) is 0 Å². The van der Waals surface area contributed by atoms with Gasteiger partial charge in [-0.25, -0.2) is 4.99 Å². The molecule has 0 saturated carbocycles. The number of aliphatic imine (C=N–C) groups is 1. The summed E-state index contributed by atoms with van der Waals surface area (Å²) in [4.78, 5) is 3.73. The average molecular weight is 125 g/mol. The molecular weight excluding hydrogens is 114 g/mol. The molecule has 3 nitrogen and oxygen atoms in total. The number of hydrogen-bond donors (Lipinski definition) is 2. The van der Waals surface area contributed by atoms with Crippen LogP contribution in [0.1, 0.15) is 6.92 Å². The third kappa shape index (κ3) is 4.61. The molecule has 0 aromatic heterocycles. The van der Waals surface area contributed by atoms with E-state index in [4.69, 9.17) is 11.5 Å². The second-order valence-corrected chi connectivity index (χ2v) is 1.40. The molecule has 0 heterocycles. The molecule has 0 radical (unpaired) electrons. The summed E-state index contributed by atoms with van der Waals surface area (Å²) in [5.41, 5.74) is 10.2. The summed E-state index contributed by atoms with van der Waals surface area (Å²) >= 11 is 0. The minimum absolute atomic E-state index is 0.327. The highest BCUT2D eigenvalue weighted by Crippen LogP contribution is 1.78. The zero-order valence-electron chi connectivity index (χ0n) is 5.41. The number of allylic oxidation sites excluding steroid dienone is 2. The molecule has 0 aliphatic rings. The third-order valence-electron chi connectivity index (χ3n) is 0.673. The molecule has 4 N–H and O–H groups in total. The normalized spacial score (nSPS) is 13.7. The summed E-state index contributed by atoms with van der Waals surface area (Å²) < 4.78 is 0. The van der Waals surface area contributed by atoms with Crippen LogP contribution in [0.2, 0.25) is 0 Å². The van der Waals surface area contributed by atoms with E-state index in [1.807, 2.05) is 13.0 Å². The third-order valence-corrected chi connectivity index (χ3v) is 0.673. The van der Waals surface area contributed by atoms with Gasteiger partial charge >= 0.3 is 0 Å². The zero-order chi connectivity index (χ0) is 7.11. The summed E-state index contributed by atoms with van der Waals surface area (Å²) in [5, 5.41) is 0. The lowest BCUT2D eigenvalue weighted by atomic mass is 10.6. The Kier molecular flexibility index (Phi) is 4.22. The molecule has 0 rings (SSSR count). The van der Waals surface area contributed by atoms with Gasteiger partial charge in [0.15, 0.2) is 0 Å². The van der Waals surface area contributed by atoms with Crippen LogP contribution in [0.25, 0.3) is 0 Å². The van der Waals surface area contributed by atoms with Crippen molar-refractivity contribution in [3.8, 4) is 0 Å². The molecule has 0 amide bonds. The van der Waals surface area contributed by atoms with Crippen LogP contribution in [0.15, 0.2) is 29.2 Å². The predicted octanol–water partition coefficient (Wildman–Crippen LogP) is 0.350. The minimum atomic E-state index is 0.327. The Balaban J connectivity index is 3.71. The van der Waals surface area contributed by atoms with Crippen molar-refractivity contribution in [2.45, 2.75) is 6.92 Å². The first-order valence-corrected chi connectivity index (χ1v) is 2.64. The van der Waals surface area contributed by atoms with Crippen molar-refractivity contribution < 1.29 is 0 Å². The lowest BCUT2D eigenvalue weighted by Gasteiger charge is -1.84. The van der Waals surface area contributed by atoms with Gasteiger partial charge in [0, 0.05) is 12.4 Å². The van der Waals surface area contributed by atoms with Gasteiger partial charge < -0.3 is 11.5 Å². The number of hydrogen-bond acceptors (Lipinski definition) is 3. The Bertz CT molecular complexity index is 144. The smallest absolute Gasteiger partial charge is 0.138 e. The second kappa shape index (κ2) is 4.90. The summed E-state index contributed by atoms with van der Waals surface area (Å²) in [6.45, 7) is 1.90. The highest BCUT2D eigenvalue weighted by atomic mass is 14.9. The molecule has 0 saturated heterocycles. The Morgan fingerprint density at radius 3 is 2.67 bits per heavy atom. The van der Waals surface area contributed by atoms with Gasteiger partial charge in [-0.1, -0.05) is 6.08 Å². The van der Waals surface area contributed by atoms with Crippen molar-refractivity contribution in [2.75, 3.05) is 0 Å². The molecule has 0 aliphatic carbocycles. The second-order valence-electron chi connectivity index (χ2n) is 1.40. The summed E-state index contributed by atoms with van der Waals surface area (Å²) in [5.74, 6) is 0.327. The van der Waals surface area contributed by atoms with E-state index in [-0.39, 0.29) is 0 Å². The van der Waals surface area contributed by atoms with Crippen LogP contribution in [0, 0.1) is 0 Å². The van der Waals surface area contributed by atoms with Crippen molar-refractivity contribution in [3.63, 3.8) is 0 Å². The van der Waals surface area contributed by atoms with Crippen LogP contribution in [-0.4, -0.2) is 6.21 Å². The fraction of sp³-hybridized carbons (Fsp3) is 0.167. The maximum atomic E-state index is 5.22. The lowest BCUT2D eigenvalue weighted by molar-refractivity contribution is 1.22. The fourth-order valence-electron chi connectivity index (χ4n) is 0.258. The summed E-state index contributed by atoms with van der Waals surface area (Å²) in [7, 11) is 0. The average Bonchev–Trinajstić information content (AvgIpc) is 1.89. The maximum Gasteiger partial charge on any atom is 0.138 e. The van der Waals surface area contributed by atoms with Crippen LogP contribution in [-0.2, 0) is 0 Å². The van der Waals surface area contributed by atoms with Gasteiger partial charge in [-0.2, -0.15) is 0 Å². The van der Waals surface area contributed by atoms with Crippen LogP contribution in [0.4, 0.5) is 0 Å². The molecule has 3 heteroatoms. The first-order valence-electron chi connectivity index (χ1n) is 2.64. The van der Waals surface area contributed by atoms with Crippen LogP contribution in [0.3, 0.4) is 0 Å². The Morgan fingerprint density at radius 2 is 2.22 bits per heavy atom. The fourth-order valence-corrected chi connectivity index (χ4v) is 0.258. The number of nitrogens with two attached hydrogens (primary N) is 2. The van der Waals surface area contributed by atoms with Gasteiger partial charge in [-0.15, -0.1) is 0 Å². The van der Waals surface area contributed by atoms with E-state index in [1.165, 1.54) is 6.20 Å². The van der Waals surface area contributed by atoms with E-state index < -0.39 is 0 Å². The number of nitrogens with zero attached hydrogens (tertiary/aromatic N) is 1. The largest absolute Gasteiger partial charge is 0.402 e. The topological polar surface area (TPSA) is 64.4 Å². The summed E-state index contributed by atoms with van der Waals surface area (Å²) in [6, 6.07) is 0. The van der Waals surface area contributed by atoms with Crippen LogP contribution in [0.5, 0.6) is 0 Å². The molecular formula is C6H11N3. The quantitative estimate of drug-likeness (QED) is 0.523. The molecule has 0 aliphatic heterocycles. The standard InChI is InChI=1S/C6H11N3/c1-2-3-4-9-6(8)5-7/h2-5H,7-8H2,1H3/b3-2-,6-5+,9-4-. The van der Waals surface area contributed by atoms with E-state index in [2.05, 4.69) is 4.99 Å². The SMILES string of the molecule is C\C=C/C=N\C(N)=C\N. The van der Waals surface area contributed by atoms with Gasteiger partial charge in [-0.3, -0.25) is 0 Å².